The number of anilines is 1. The summed E-state index contributed by atoms with van der Waals surface area (Å²) in [6.45, 7) is 7.66. The van der Waals surface area contributed by atoms with Gasteiger partial charge < -0.3 is 16.0 Å². The first-order chi connectivity index (χ1) is 12.8. The third-order valence-electron chi connectivity index (χ3n) is 4.53. The van der Waals surface area contributed by atoms with Gasteiger partial charge in [-0.15, -0.1) is 0 Å². The fraction of sp³-hybridized carbons (Fsp3) is 0.333. The lowest BCUT2D eigenvalue weighted by Gasteiger charge is -2.17. The molecule has 0 saturated heterocycles. The summed E-state index contributed by atoms with van der Waals surface area (Å²) >= 11 is 6.02. The topological polar surface area (TPSA) is 74.8 Å². The Morgan fingerprint density at radius 1 is 1.07 bits per heavy atom. The molecule has 0 aromatic heterocycles. The van der Waals surface area contributed by atoms with Crippen LogP contribution >= 0.6 is 11.6 Å². The Morgan fingerprint density at radius 2 is 1.70 bits per heavy atom. The first-order valence-corrected chi connectivity index (χ1v) is 9.40. The number of nitrogens with two attached hydrogens (primary N) is 1. The summed E-state index contributed by atoms with van der Waals surface area (Å²) in [4.78, 5) is 24.5. The van der Waals surface area contributed by atoms with E-state index in [1.54, 1.807) is 0 Å². The van der Waals surface area contributed by atoms with E-state index in [9.17, 15) is 9.59 Å². The summed E-state index contributed by atoms with van der Waals surface area (Å²) < 4.78 is 0. The zero-order chi connectivity index (χ0) is 20.0. The Morgan fingerprint density at radius 3 is 2.33 bits per heavy atom. The largest absolute Gasteiger partial charge is 0.342 e. The predicted molar refractivity (Wildman–Crippen MR) is 109 cm³/mol. The van der Waals surface area contributed by atoms with Crippen molar-refractivity contribution in [1.29, 1.82) is 0 Å². The summed E-state index contributed by atoms with van der Waals surface area (Å²) in [5.74, 6) is -0.420. The van der Waals surface area contributed by atoms with Crippen LogP contribution < -0.4 is 16.0 Å². The van der Waals surface area contributed by atoms with Crippen molar-refractivity contribution in [2.75, 3.05) is 11.9 Å². The number of nitrogens with one attached hydrogen (secondary N) is 2. The molecule has 0 radical (unpaired) electrons. The number of hydrogen-bond acceptors (Lipinski definition) is 2. The van der Waals surface area contributed by atoms with Gasteiger partial charge in [-0.25, -0.2) is 0 Å². The second kappa shape index (κ2) is 9.53. The number of benzene rings is 2. The summed E-state index contributed by atoms with van der Waals surface area (Å²) in [5.41, 5.74) is 3.83. The third-order valence-corrected chi connectivity index (χ3v) is 4.77. The maximum Gasteiger partial charge on any atom is 0.278 e. The number of amides is 2. The smallest absolute Gasteiger partial charge is 0.278 e. The average molecular weight is 389 g/mol. The Balaban J connectivity index is 1.84. The highest BCUT2D eigenvalue weighted by molar-refractivity contribution is 6.30. The second-order valence-electron chi connectivity index (χ2n) is 6.86. The Hall–Kier alpha value is -2.37. The van der Waals surface area contributed by atoms with E-state index in [0.29, 0.717) is 5.02 Å². The van der Waals surface area contributed by atoms with E-state index >= 15 is 0 Å². The van der Waals surface area contributed by atoms with Crippen molar-refractivity contribution in [2.24, 2.45) is 0 Å². The van der Waals surface area contributed by atoms with Crippen LogP contribution in [-0.4, -0.2) is 24.4 Å². The van der Waals surface area contributed by atoms with Crippen molar-refractivity contribution in [3.63, 3.8) is 0 Å². The van der Waals surface area contributed by atoms with Crippen molar-refractivity contribution in [1.82, 2.24) is 5.32 Å². The number of hydrogen-bond donors (Lipinski definition) is 3. The number of carbonyl (C=O) groups excluding carboxylic acids is 2. The van der Waals surface area contributed by atoms with E-state index in [0.717, 1.165) is 22.4 Å². The number of carbonyl (C=O) groups is 2. The molecule has 0 aliphatic carbocycles. The lowest BCUT2D eigenvalue weighted by atomic mass is 10.1. The van der Waals surface area contributed by atoms with Crippen molar-refractivity contribution in [3.8, 4) is 0 Å². The molecule has 0 unspecified atom stereocenters. The number of halogens is 1. The van der Waals surface area contributed by atoms with Gasteiger partial charge >= 0.3 is 0 Å². The molecular weight excluding hydrogens is 362 g/mol. The van der Waals surface area contributed by atoms with Crippen LogP contribution in [-0.2, 0) is 9.59 Å². The van der Waals surface area contributed by atoms with Gasteiger partial charge in [-0.3, -0.25) is 9.59 Å². The highest BCUT2D eigenvalue weighted by Gasteiger charge is 2.21. The molecule has 2 amide bonds. The number of rotatable bonds is 7. The van der Waals surface area contributed by atoms with Crippen molar-refractivity contribution < 1.29 is 14.9 Å². The van der Waals surface area contributed by atoms with Gasteiger partial charge in [-0.1, -0.05) is 41.9 Å². The maximum absolute atomic E-state index is 12.3. The van der Waals surface area contributed by atoms with Crippen LogP contribution in [0.1, 0.15) is 36.6 Å². The predicted octanol–water partition coefficient (Wildman–Crippen LogP) is 2.72. The average Bonchev–Trinajstić information content (AvgIpc) is 2.62. The van der Waals surface area contributed by atoms with Gasteiger partial charge in [-0.05, 0) is 51.0 Å². The van der Waals surface area contributed by atoms with Crippen molar-refractivity contribution in [3.05, 3.63) is 64.2 Å². The summed E-state index contributed by atoms with van der Waals surface area (Å²) in [6.07, 6.45) is 0. The SMILES string of the molecule is Cc1cccc(C)c1NC(=O)CNC(=O)[C@H](C)[NH2+][C@H](C)c1cccc(Cl)c1. The maximum atomic E-state index is 12.3. The molecule has 0 heterocycles. The molecule has 5 nitrogen and oxygen atoms in total. The standard InChI is InChI=1S/C21H26ClN3O2/c1-13-7-5-8-14(2)20(13)25-19(26)12-23-21(27)16(4)24-15(3)17-9-6-10-18(22)11-17/h5-11,15-16,24H,12H2,1-4H3,(H,23,27)(H,25,26)/p+1/t15-,16+/m1/s1. The zero-order valence-electron chi connectivity index (χ0n) is 16.2. The molecule has 144 valence electrons. The molecule has 0 spiro atoms. The molecule has 0 aliphatic rings. The molecule has 2 aromatic carbocycles. The van der Waals surface area contributed by atoms with Crippen LogP contribution in [0.3, 0.4) is 0 Å². The van der Waals surface area contributed by atoms with Crippen molar-refractivity contribution >= 4 is 29.1 Å². The third kappa shape index (κ3) is 6.08. The minimum atomic E-state index is -0.327. The molecular formula is C21H27ClN3O2+. The zero-order valence-corrected chi connectivity index (χ0v) is 16.9. The van der Waals surface area contributed by atoms with Crippen molar-refractivity contribution in [2.45, 2.75) is 39.8 Å². The van der Waals surface area contributed by atoms with E-state index in [-0.39, 0.29) is 30.4 Å². The summed E-state index contributed by atoms with van der Waals surface area (Å²) in [7, 11) is 0. The Bertz CT molecular complexity index is 803. The molecule has 6 heteroatoms. The van der Waals surface area contributed by atoms with E-state index in [1.807, 2.05) is 75.5 Å². The Labute approximate surface area is 165 Å². The van der Waals surface area contributed by atoms with E-state index < -0.39 is 0 Å². The molecule has 4 N–H and O–H groups in total. The fourth-order valence-electron chi connectivity index (χ4n) is 2.94. The molecule has 0 fully saturated rings. The van der Waals surface area contributed by atoms with E-state index in [4.69, 9.17) is 11.6 Å². The summed E-state index contributed by atoms with van der Waals surface area (Å²) in [6, 6.07) is 13.2. The normalized spacial score (nSPS) is 12.9. The lowest BCUT2D eigenvalue weighted by Crippen LogP contribution is -2.92. The molecule has 0 aliphatic heterocycles. The first kappa shape index (κ1) is 20.9. The Kier molecular flexibility index (Phi) is 7.39. The van der Waals surface area contributed by atoms with E-state index in [1.165, 1.54) is 0 Å². The fourth-order valence-corrected chi connectivity index (χ4v) is 3.14. The molecule has 0 saturated carbocycles. The number of quaternary nitrogens is 1. The van der Waals surface area contributed by atoms with Gasteiger partial charge in [0.25, 0.3) is 5.91 Å². The number of aryl methyl sites for hydroxylation is 2. The molecule has 2 atom stereocenters. The monoisotopic (exact) mass is 388 g/mol. The minimum Gasteiger partial charge on any atom is -0.342 e. The first-order valence-electron chi connectivity index (χ1n) is 9.02. The van der Waals surface area contributed by atoms with E-state index in [2.05, 4.69) is 10.6 Å². The minimum absolute atomic E-state index is 0.0592. The second-order valence-corrected chi connectivity index (χ2v) is 7.29. The van der Waals surface area contributed by atoms with Gasteiger partial charge in [0.15, 0.2) is 6.04 Å². The molecule has 27 heavy (non-hydrogen) atoms. The summed E-state index contributed by atoms with van der Waals surface area (Å²) in [5, 5.41) is 8.19. The van der Waals surface area contributed by atoms with Gasteiger partial charge in [0.2, 0.25) is 5.91 Å². The van der Waals surface area contributed by atoms with Crippen LogP contribution in [0.5, 0.6) is 0 Å². The quantitative estimate of drug-likeness (QED) is 0.682. The van der Waals surface area contributed by atoms with Crippen LogP contribution in [0.15, 0.2) is 42.5 Å². The van der Waals surface area contributed by atoms with Gasteiger partial charge in [0.05, 0.1) is 6.54 Å². The van der Waals surface area contributed by atoms with Crippen LogP contribution in [0, 0.1) is 13.8 Å². The van der Waals surface area contributed by atoms with Gasteiger partial charge in [0, 0.05) is 16.3 Å². The molecule has 2 aromatic rings. The van der Waals surface area contributed by atoms with Gasteiger partial charge in [0.1, 0.15) is 6.04 Å². The van der Waals surface area contributed by atoms with Crippen LogP contribution in [0.25, 0.3) is 0 Å². The van der Waals surface area contributed by atoms with Crippen LogP contribution in [0.2, 0.25) is 5.02 Å². The highest BCUT2D eigenvalue weighted by atomic mass is 35.5. The van der Waals surface area contributed by atoms with Gasteiger partial charge in [-0.2, -0.15) is 0 Å². The number of para-hydroxylation sites is 1. The lowest BCUT2D eigenvalue weighted by molar-refractivity contribution is -0.710. The molecule has 0 bridgehead atoms. The molecule has 2 rings (SSSR count). The highest BCUT2D eigenvalue weighted by Crippen LogP contribution is 2.19. The van der Waals surface area contributed by atoms with Crippen LogP contribution in [0.4, 0.5) is 5.69 Å².